The van der Waals surface area contributed by atoms with Crippen molar-refractivity contribution in [2.75, 3.05) is 17.7 Å². The summed E-state index contributed by atoms with van der Waals surface area (Å²) in [6, 6.07) is 8.72. The number of halogens is 1. The topological polar surface area (TPSA) is 12.0 Å². The number of rotatable bonds is 6. The van der Waals surface area contributed by atoms with Gasteiger partial charge in [-0.3, -0.25) is 0 Å². The molecule has 0 amide bonds. The number of alkyl halides is 1. The third-order valence-electron chi connectivity index (χ3n) is 3.35. The zero-order chi connectivity index (χ0) is 11.2. The normalized spacial score (nSPS) is 15.8. The molecule has 1 saturated carbocycles. The highest BCUT2D eigenvalue weighted by Crippen LogP contribution is 2.26. The van der Waals surface area contributed by atoms with Crippen LogP contribution in [0.5, 0.6) is 0 Å². The fourth-order valence-electron chi connectivity index (χ4n) is 2.07. The first-order chi connectivity index (χ1) is 7.88. The minimum atomic E-state index is 0.750. The molecule has 1 aromatic rings. The van der Waals surface area contributed by atoms with Crippen molar-refractivity contribution in [2.24, 2.45) is 5.92 Å². The van der Waals surface area contributed by atoms with Gasteiger partial charge in [0, 0.05) is 18.1 Å². The Labute approximate surface area is 103 Å². The number of aryl methyl sites for hydroxylation is 1. The molecule has 0 aromatic heterocycles. The van der Waals surface area contributed by atoms with Gasteiger partial charge in [-0.1, -0.05) is 18.6 Å². The molecule has 0 bridgehead atoms. The molecule has 1 aromatic carbocycles. The second-order valence-corrected chi connectivity index (χ2v) is 5.05. The van der Waals surface area contributed by atoms with Gasteiger partial charge in [-0.15, -0.1) is 11.6 Å². The lowest BCUT2D eigenvalue weighted by atomic mass is 9.85. The predicted octanol–water partition coefficient (Wildman–Crippen LogP) is 4.07. The Morgan fingerprint density at radius 3 is 2.88 bits per heavy atom. The molecule has 2 heteroatoms. The van der Waals surface area contributed by atoms with Crippen molar-refractivity contribution in [1.82, 2.24) is 0 Å². The van der Waals surface area contributed by atoms with Gasteiger partial charge in [-0.2, -0.15) is 0 Å². The maximum absolute atomic E-state index is 5.70. The Balaban J connectivity index is 1.82. The summed E-state index contributed by atoms with van der Waals surface area (Å²) in [6.45, 7) is 1.14. The molecule has 0 aliphatic heterocycles. The quantitative estimate of drug-likeness (QED) is 0.736. The summed E-state index contributed by atoms with van der Waals surface area (Å²) in [6.07, 6.45) is 6.37. The van der Waals surface area contributed by atoms with E-state index in [-0.39, 0.29) is 0 Å². The molecule has 88 valence electrons. The molecule has 16 heavy (non-hydrogen) atoms. The van der Waals surface area contributed by atoms with Crippen LogP contribution in [0.1, 0.15) is 31.2 Å². The molecule has 1 fully saturated rings. The summed E-state index contributed by atoms with van der Waals surface area (Å²) in [7, 11) is 0. The lowest BCUT2D eigenvalue weighted by Gasteiger charge is -2.25. The first kappa shape index (κ1) is 11.8. The Morgan fingerprint density at radius 1 is 1.31 bits per heavy atom. The van der Waals surface area contributed by atoms with Gasteiger partial charge >= 0.3 is 0 Å². The molecule has 1 N–H and O–H groups in total. The van der Waals surface area contributed by atoms with Crippen LogP contribution in [-0.4, -0.2) is 12.4 Å². The second-order valence-electron chi connectivity index (χ2n) is 4.67. The van der Waals surface area contributed by atoms with Gasteiger partial charge in [-0.05, 0) is 49.3 Å². The highest BCUT2D eigenvalue weighted by atomic mass is 35.5. The molecule has 0 heterocycles. The molecule has 0 saturated heterocycles. The molecule has 0 spiro atoms. The lowest BCUT2D eigenvalue weighted by molar-refractivity contribution is 0.333. The summed E-state index contributed by atoms with van der Waals surface area (Å²) in [4.78, 5) is 0. The first-order valence-electron chi connectivity index (χ1n) is 6.27. The standard InChI is InChI=1S/C14H20ClN/c15-9-3-7-12-4-2-8-14(10-12)16-11-13-5-1-6-13/h2,4,8,10,13,16H,1,3,5-7,9,11H2. The molecular weight excluding hydrogens is 218 g/mol. The van der Waals surface area contributed by atoms with Crippen molar-refractivity contribution >= 4 is 17.3 Å². The van der Waals surface area contributed by atoms with Crippen LogP contribution in [0.4, 0.5) is 5.69 Å². The number of hydrogen-bond acceptors (Lipinski definition) is 1. The monoisotopic (exact) mass is 237 g/mol. The Hall–Kier alpha value is -0.690. The molecule has 1 nitrogen and oxygen atoms in total. The van der Waals surface area contributed by atoms with E-state index in [9.17, 15) is 0 Å². The van der Waals surface area contributed by atoms with Crippen molar-refractivity contribution in [3.8, 4) is 0 Å². The number of benzene rings is 1. The highest BCUT2D eigenvalue weighted by molar-refractivity contribution is 6.17. The van der Waals surface area contributed by atoms with Crippen LogP contribution in [0.25, 0.3) is 0 Å². The van der Waals surface area contributed by atoms with E-state index in [0.717, 1.165) is 31.2 Å². The zero-order valence-electron chi connectivity index (χ0n) is 9.71. The first-order valence-corrected chi connectivity index (χ1v) is 6.81. The van der Waals surface area contributed by atoms with Crippen molar-refractivity contribution in [2.45, 2.75) is 32.1 Å². The zero-order valence-corrected chi connectivity index (χ0v) is 10.5. The lowest BCUT2D eigenvalue weighted by Crippen LogP contribution is -2.20. The second kappa shape index (κ2) is 6.15. The molecule has 1 aliphatic rings. The molecule has 0 unspecified atom stereocenters. The highest BCUT2D eigenvalue weighted by Gasteiger charge is 2.16. The van der Waals surface area contributed by atoms with E-state index < -0.39 is 0 Å². The molecule has 0 radical (unpaired) electrons. The van der Waals surface area contributed by atoms with Crippen molar-refractivity contribution in [1.29, 1.82) is 0 Å². The van der Waals surface area contributed by atoms with Gasteiger partial charge in [0.1, 0.15) is 0 Å². The van der Waals surface area contributed by atoms with Gasteiger partial charge in [0.25, 0.3) is 0 Å². The third-order valence-corrected chi connectivity index (χ3v) is 3.61. The number of nitrogens with one attached hydrogen (secondary N) is 1. The Bertz CT molecular complexity index is 320. The van der Waals surface area contributed by atoms with Crippen LogP contribution < -0.4 is 5.32 Å². The summed E-state index contributed by atoms with van der Waals surface area (Å²) in [5.41, 5.74) is 2.65. The van der Waals surface area contributed by atoms with E-state index in [0.29, 0.717) is 0 Å². The third kappa shape index (κ3) is 3.41. The van der Waals surface area contributed by atoms with Crippen LogP contribution in [0.15, 0.2) is 24.3 Å². The maximum atomic E-state index is 5.70. The van der Waals surface area contributed by atoms with E-state index in [1.807, 2.05) is 0 Å². The minimum absolute atomic E-state index is 0.750. The molecule has 1 aliphatic carbocycles. The summed E-state index contributed by atoms with van der Waals surface area (Å²) in [5, 5.41) is 3.53. The Morgan fingerprint density at radius 2 is 2.19 bits per heavy atom. The average molecular weight is 238 g/mol. The maximum Gasteiger partial charge on any atom is 0.0343 e. The van der Waals surface area contributed by atoms with E-state index in [2.05, 4.69) is 29.6 Å². The van der Waals surface area contributed by atoms with Crippen LogP contribution >= 0.6 is 11.6 Å². The van der Waals surface area contributed by atoms with Gasteiger partial charge in [0.15, 0.2) is 0 Å². The summed E-state index contributed by atoms with van der Waals surface area (Å²) < 4.78 is 0. The van der Waals surface area contributed by atoms with E-state index in [1.54, 1.807) is 0 Å². The Kier molecular flexibility index (Phi) is 4.53. The minimum Gasteiger partial charge on any atom is -0.385 e. The summed E-state index contributed by atoms with van der Waals surface area (Å²) in [5.74, 6) is 1.66. The smallest absolute Gasteiger partial charge is 0.0343 e. The molecular formula is C14H20ClN. The predicted molar refractivity (Wildman–Crippen MR) is 71.3 cm³/mol. The van der Waals surface area contributed by atoms with E-state index in [4.69, 9.17) is 11.6 Å². The van der Waals surface area contributed by atoms with Crippen LogP contribution in [0, 0.1) is 5.92 Å². The van der Waals surface area contributed by atoms with Crippen molar-refractivity contribution in [3.05, 3.63) is 29.8 Å². The number of hydrogen-bond donors (Lipinski definition) is 1. The fourth-order valence-corrected chi connectivity index (χ4v) is 2.20. The molecule has 0 atom stereocenters. The summed E-state index contributed by atoms with van der Waals surface area (Å²) >= 11 is 5.70. The van der Waals surface area contributed by atoms with Crippen LogP contribution in [0.2, 0.25) is 0 Å². The van der Waals surface area contributed by atoms with Crippen LogP contribution in [0.3, 0.4) is 0 Å². The van der Waals surface area contributed by atoms with Gasteiger partial charge in [-0.25, -0.2) is 0 Å². The van der Waals surface area contributed by atoms with E-state index >= 15 is 0 Å². The average Bonchev–Trinajstić information content (AvgIpc) is 2.25. The van der Waals surface area contributed by atoms with Gasteiger partial charge < -0.3 is 5.32 Å². The van der Waals surface area contributed by atoms with Crippen molar-refractivity contribution < 1.29 is 0 Å². The van der Waals surface area contributed by atoms with E-state index in [1.165, 1.54) is 30.5 Å². The fraction of sp³-hybridized carbons (Fsp3) is 0.571. The number of anilines is 1. The largest absolute Gasteiger partial charge is 0.385 e. The van der Waals surface area contributed by atoms with Crippen LogP contribution in [-0.2, 0) is 6.42 Å². The SMILES string of the molecule is ClCCCc1cccc(NCC2CCC2)c1. The van der Waals surface area contributed by atoms with Gasteiger partial charge in [0.05, 0.1) is 0 Å². The molecule has 2 rings (SSSR count). The van der Waals surface area contributed by atoms with Gasteiger partial charge in [0.2, 0.25) is 0 Å². The van der Waals surface area contributed by atoms with Crippen molar-refractivity contribution in [3.63, 3.8) is 0 Å².